The lowest BCUT2D eigenvalue weighted by Crippen LogP contribution is -2.05. The van der Waals surface area contributed by atoms with Crippen LogP contribution >= 0.6 is 11.8 Å². The van der Waals surface area contributed by atoms with E-state index in [1.807, 2.05) is 6.92 Å². The first-order valence-electron chi connectivity index (χ1n) is 5.73. The minimum Gasteiger partial charge on any atom is -0.492 e. The van der Waals surface area contributed by atoms with Crippen LogP contribution in [0.4, 0.5) is 5.95 Å². The van der Waals surface area contributed by atoms with Gasteiger partial charge in [-0.15, -0.1) is 0 Å². The van der Waals surface area contributed by atoms with Crippen molar-refractivity contribution in [2.45, 2.75) is 19.6 Å². The molecule has 98 valence electrons. The molecule has 0 aliphatic heterocycles. The minimum absolute atomic E-state index is 0.0531. The Kier molecular flexibility index (Phi) is 4.14. The summed E-state index contributed by atoms with van der Waals surface area (Å²) in [5.74, 6) is 2.52. The third kappa shape index (κ3) is 3.19. The molecule has 0 saturated carbocycles. The van der Waals surface area contributed by atoms with Crippen LogP contribution < -0.4 is 5.32 Å². The number of aromatic amines is 2. The molecule has 0 atom stereocenters. The number of hydrogen-bond donors (Lipinski definition) is 4. The highest BCUT2D eigenvalue weighted by molar-refractivity contribution is 7.98. The normalized spacial score (nSPS) is 10.8. The molecule has 0 unspecified atom stereocenters. The van der Waals surface area contributed by atoms with Crippen molar-refractivity contribution in [1.29, 1.82) is 0 Å². The molecule has 0 bridgehead atoms. The monoisotopic (exact) mass is 267 g/mol. The third-order valence-electron chi connectivity index (χ3n) is 2.57. The second-order valence-corrected chi connectivity index (χ2v) is 5.09. The lowest BCUT2D eigenvalue weighted by atomic mass is 10.4. The van der Waals surface area contributed by atoms with Crippen molar-refractivity contribution in [3.05, 3.63) is 23.4 Å². The molecule has 0 saturated heterocycles. The van der Waals surface area contributed by atoms with Gasteiger partial charge in [0.05, 0.1) is 17.7 Å². The summed E-state index contributed by atoms with van der Waals surface area (Å²) in [6, 6.07) is 0. The molecular formula is C11H17N5OS. The van der Waals surface area contributed by atoms with Crippen LogP contribution in [-0.2, 0) is 5.75 Å². The molecule has 2 aromatic heterocycles. The molecule has 18 heavy (non-hydrogen) atoms. The predicted octanol–water partition coefficient (Wildman–Crippen LogP) is 1.80. The van der Waals surface area contributed by atoms with Gasteiger partial charge < -0.3 is 20.4 Å². The zero-order chi connectivity index (χ0) is 13.0. The fourth-order valence-corrected chi connectivity index (χ4v) is 2.35. The zero-order valence-corrected chi connectivity index (χ0v) is 11.3. The lowest BCUT2D eigenvalue weighted by Gasteiger charge is -2.02. The molecule has 0 amide bonds. The van der Waals surface area contributed by atoms with Crippen molar-refractivity contribution in [1.82, 2.24) is 19.9 Å². The van der Waals surface area contributed by atoms with E-state index in [1.165, 1.54) is 0 Å². The standard InChI is InChI=1S/C11H17N5OS/c1-7-9(14-6-13-7)5-18-4-3-12-11-15-8(2)10(17)16-11/h6,17H,3-5H2,1-2H3,(H,13,14)(H2,12,15,16). The quantitative estimate of drug-likeness (QED) is 0.599. The molecule has 0 aliphatic carbocycles. The highest BCUT2D eigenvalue weighted by atomic mass is 32.2. The number of H-pyrrole nitrogens is 2. The SMILES string of the molecule is Cc1[nH]c(NCCSCc2nc[nH]c2C)nc1O. The molecule has 0 aliphatic rings. The van der Waals surface area contributed by atoms with Gasteiger partial charge in [0.25, 0.3) is 0 Å². The average Bonchev–Trinajstić information content (AvgIpc) is 2.87. The average molecular weight is 267 g/mol. The van der Waals surface area contributed by atoms with Crippen molar-refractivity contribution in [3.63, 3.8) is 0 Å². The van der Waals surface area contributed by atoms with Gasteiger partial charge in [0, 0.05) is 23.7 Å². The summed E-state index contributed by atoms with van der Waals surface area (Å²) in [7, 11) is 0. The summed E-state index contributed by atoms with van der Waals surface area (Å²) in [5, 5.41) is 12.4. The van der Waals surface area contributed by atoms with Gasteiger partial charge in [-0.2, -0.15) is 16.7 Å². The van der Waals surface area contributed by atoms with Gasteiger partial charge in [-0.3, -0.25) is 0 Å². The Bertz CT molecular complexity index is 488. The van der Waals surface area contributed by atoms with Crippen LogP contribution in [-0.4, -0.2) is 37.3 Å². The number of rotatable bonds is 6. The summed E-state index contributed by atoms with van der Waals surface area (Å²) < 4.78 is 0. The van der Waals surface area contributed by atoms with Crippen LogP contribution in [0.5, 0.6) is 5.88 Å². The first kappa shape index (κ1) is 12.8. The summed E-state index contributed by atoms with van der Waals surface area (Å²) in [5.41, 5.74) is 2.91. The van der Waals surface area contributed by atoms with Crippen molar-refractivity contribution in [3.8, 4) is 5.88 Å². The van der Waals surface area contributed by atoms with Gasteiger partial charge in [0.1, 0.15) is 0 Å². The summed E-state index contributed by atoms with van der Waals surface area (Å²) in [4.78, 5) is 14.2. The highest BCUT2D eigenvalue weighted by Gasteiger charge is 2.04. The molecule has 0 aromatic carbocycles. The number of imidazole rings is 2. The Balaban J connectivity index is 1.66. The number of aromatic nitrogens is 4. The van der Waals surface area contributed by atoms with Crippen molar-refractivity contribution in [2.75, 3.05) is 17.6 Å². The van der Waals surface area contributed by atoms with E-state index in [9.17, 15) is 5.11 Å². The summed E-state index contributed by atoms with van der Waals surface area (Å²) in [6.07, 6.45) is 1.72. The Morgan fingerprint density at radius 1 is 1.39 bits per heavy atom. The second-order valence-electron chi connectivity index (χ2n) is 3.99. The van der Waals surface area contributed by atoms with Crippen LogP contribution in [0.3, 0.4) is 0 Å². The fraction of sp³-hybridized carbons (Fsp3) is 0.455. The van der Waals surface area contributed by atoms with Crippen LogP contribution in [0.25, 0.3) is 0 Å². The number of aromatic hydroxyl groups is 1. The smallest absolute Gasteiger partial charge is 0.233 e. The molecular weight excluding hydrogens is 250 g/mol. The molecule has 2 heterocycles. The number of nitrogens with one attached hydrogen (secondary N) is 3. The van der Waals surface area contributed by atoms with E-state index in [4.69, 9.17) is 0 Å². The highest BCUT2D eigenvalue weighted by Crippen LogP contribution is 2.15. The molecule has 7 heteroatoms. The van der Waals surface area contributed by atoms with Crippen molar-refractivity contribution >= 4 is 17.7 Å². The van der Waals surface area contributed by atoms with Gasteiger partial charge in [0.15, 0.2) is 0 Å². The van der Waals surface area contributed by atoms with Crippen LogP contribution in [0.15, 0.2) is 6.33 Å². The molecule has 2 aromatic rings. The van der Waals surface area contributed by atoms with Gasteiger partial charge in [-0.1, -0.05) is 0 Å². The van der Waals surface area contributed by atoms with E-state index in [0.29, 0.717) is 11.6 Å². The second kappa shape index (κ2) is 5.81. The van der Waals surface area contributed by atoms with E-state index in [-0.39, 0.29) is 5.88 Å². The van der Waals surface area contributed by atoms with Gasteiger partial charge in [0.2, 0.25) is 11.8 Å². The Labute approximate surface area is 110 Å². The maximum Gasteiger partial charge on any atom is 0.233 e. The zero-order valence-electron chi connectivity index (χ0n) is 10.4. The van der Waals surface area contributed by atoms with Gasteiger partial charge in [-0.05, 0) is 13.8 Å². The topological polar surface area (TPSA) is 89.6 Å². The van der Waals surface area contributed by atoms with E-state index < -0.39 is 0 Å². The molecule has 4 N–H and O–H groups in total. The fourth-order valence-electron chi connectivity index (χ4n) is 1.48. The molecule has 0 fully saturated rings. The molecule has 6 nitrogen and oxygen atoms in total. The maximum absolute atomic E-state index is 9.30. The summed E-state index contributed by atoms with van der Waals surface area (Å²) in [6.45, 7) is 4.60. The van der Waals surface area contributed by atoms with E-state index in [0.717, 1.165) is 29.4 Å². The Morgan fingerprint density at radius 2 is 2.22 bits per heavy atom. The van der Waals surface area contributed by atoms with E-state index in [1.54, 1.807) is 25.0 Å². The minimum atomic E-state index is 0.0531. The maximum atomic E-state index is 9.30. The number of aryl methyl sites for hydroxylation is 2. The number of nitrogens with zero attached hydrogens (tertiary/aromatic N) is 2. The lowest BCUT2D eigenvalue weighted by molar-refractivity contribution is 0.452. The van der Waals surface area contributed by atoms with Crippen molar-refractivity contribution in [2.24, 2.45) is 0 Å². The first-order chi connectivity index (χ1) is 8.66. The van der Waals surface area contributed by atoms with Crippen LogP contribution in [0.1, 0.15) is 17.1 Å². The third-order valence-corrected chi connectivity index (χ3v) is 3.54. The number of thioether (sulfide) groups is 1. The molecule has 2 rings (SSSR count). The number of hydrogen-bond acceptors (Lipinski definition) is 5. The van der Waals surface area contributed by atoms with Crippen LogP contribution in [0, 0.1) is 13.8 Å². The van der Waals surface area contributed by atoms with Gasteiger partial charge >= 0.3 is 0 Å². The Hall–Kier alpha value is -1.63. The largest absolute Gasteiger partial charge is 0.492 e. The predicted molar refractivity (Wildman–Crippen MR) is 73.0 cm³/mol. The first-order valence-corrected chi connectivity index (χ1v) is 6.88. The summed E-state index contributed by atoms with van der Waals surface area (Å²) >= 11 is 1.81. The van der Waals surface area contributed by atoms with E-state index >= 15 is 0 Å². The van der Waals surface area contributed by atoms with Crippen LogP contribution in [0.2, 0.25) is 0 Å². The molecule has 0 radical (unpaired) electrons. The number of anilines is 1. The molecule has 0 spiro atoms. The Morgan fingerprint density at radius 3 is 2.83 bits per heavy atom. The van der Waals surface area contributed by atoms with Crippen molar-refractivity contribution < 1.29 is 5.11 Å². The van der Waals surface area contributed by atoms with E-state index in [2.05, 4.69) is 25.3 Å². The van der Waals surface area contributed by atoms with Gasteiger partial charge in [-0.25, -0.2) is 4.98 Å².